The van der Waals surface area contributed by atoms with Gasteiger partial charge in [-0.2, -0.15) is 0 Å². The fourth-order valence-corrected chi connectivity index (χ4v) is 3.44. The molecular weight excluding hydrogens is 322 g/mol. The van der Waals surface area contributed by atoms with Crippen molar-refractivity contribution in [3.05, 3.63) is 68.7 Å². The summed E-state index contributed by atoms with van der Waals surface area (Å²) in [7, 11) is 0. The highest BCUT2D eigenvalue weighted by molar-refractivity contribution is 9.10. The van der Waals surface area contributed by atoms with E-state index in [-0.39, 0.29) is 6.04 Å². The summed E-state index contributed by atoms with van der Waals surface area (Å²) in [6.07, 6.45) is 2.09. The van der Waals surface area contributed by atoms with E-state index in [1.807, 2.05) is 18.2 Å². The standard InChI is InChI=1S/C16H15BrClN/c17-12-5-6-15(18)14(9-12)16(19)8-11-7-10-3-1-2-4-13(10)11/h1-6,9,11,16H,7-8,19H2. The predicted octanol–water partition coefficient (Wildman–Crippen LogP) is 4.83. The van der Waals surface area contributed by atoms with E-state index >= 15 is 0 Å². The topological polar surface area (TPSA) is 26.0 Å². The quantitative estimate of drug-likeness (QED) is 0.853. The molecule has 1 aliphatic carbocycles. The Hall–Kier alpha value is -0.830. The number of nitrogens with two attached hydrogens (primary N) is 1. The molecule has 1 aliphatic rings. The zero-order valence-corrected chi connectivity index (χ0v) is 12.8. The average molecular weight is 337 g/mol. The van der Waals surface area contributed by atoms with Crippen LogP contribution in [-0.4, -0.2) is 0 Å². The monoisotopic (exact) mass is 335 g/mol. The highest BCUT2D eigenvalue weighted by atomic mass is 79.9. The van der Waals surface area contributed by atoms with E-state index in [2.05, 4.69) is 40.2 Å². The van der Waals surface area contributed by atoms with Crippen LogP contribution in [0.15, 0.2) is 46.9 Å². The van der Waals surface area contributed by atoms with E-state index in [1.165, 1.54) is 11.1 Å². The Labute approximate surface area is 126 Å². The lowest BCUT2D eigenvalue weighted by Crippen LogP contribution is -2.23. The largest absolute Gasteiger partial charge is 0.324 e. The van der Waals surface area contributed by atoms with Gasteiger partial charge in [-0.25, -0.2) is 0 Å². The number of hydrogen-bond donors (Lipinski definition) is 1. The second-order valence-electron chi connectivity index (χ2n) is 5.11. The van der Waals surface area contributed by atoms with Crippen molar-refractivity contribution in [3.8, 4) is 0 Å². The molecule has 0 saturated carbocycles. The molecule has 0 aliphatic heterocycles. The zero-order chi connectivity index (χ0) is 13.4. The first kappa shape index (κ1) is 13.2. The fourth-order valence-electron chi connectivity index (χ4n) is 2.81. The Morgan fingerprint density at radius 2 is 2.05 bits per heavy atom. The maximum absolute atomic E-state index is 6.33. The second-order valence-corrected chi connectivity index (χ2v) is 6.43. The third kappa shape index (κ3) is 2.58. The summed E-state index contributed by atoms with van der Waals surface area (Å²) >= 11 is 9.71. The molecule has 2 aromatic rings. The lowest BCUT2D eigenvalue weighted by atomic mass is 9.74. The molecule has 0 heterocycles. The first-order valence-corrected chi connectivity index (χ1v) is 7.60. The maximum atomic E-state index is 6.33. The van der Waals surface area contributed by atoms with E-state index in [0.717, 1.165) is 27.9 Å². The van der Waals surface area contributed by atoms with Crippen LogP contribution in [0.4, 0.5) is 0 Å². The molecule has 0 aromatic heterocycles. The smallest absolute Gasteiger partial charge is 0.0454 e. The molecule has 0 fully saturated rings. The summed E-state index contributed by atoms with van der Waals surface area (Å²) in [6.45, 7) is 0. The van der Waals surface area contributed by atoms with Gasteiger partial charge in [0.2, 0.25) is 0 Å². The van der Waals surface area contributed by atoms with Crippen LogP contribution in [-0.2, 0) is 6.42 Å². The van der Waals surface area contributed by atoms with Gasteiger partial charge in [-0.1, -0.05) is 51.8 Å². The first-order chi connectivity index (χ1) is 9.15. The van der Waals surface area contributed by atoms with Crippen LogP contribution < -0.4 is 5.73 Å². The van der Waals surface area contributed by atoms with Crippen LogP contribution in [0.3, 0.4) is 0 Å². The molecule has 98 valence electrons. The first-order valence-electron chi connectivity index (χ1n) is 6.43. The Kier molecular flexibility index (Phi) is 3.66. The van der Waals surface area contributed by atoms with Crippen molar-refractivity contribution in [2.45, 2.75) is 24.8 Å². The summed E-state index contributed by atoms with van der Waals surface area (Å²) in [6, 6.07) is 14.5. The van der Waals surface area contributed by atoms with Crippen molar-refractivity contribution >= 4 is 27.5 Å². The van der Waals surface area contributed by atoms with Crippen LogP contribution >= 0.6 is 27.5 Å². The Bertz CT molecular complexity index is 611. The van der Waals surface area contributed by atoms with Crippen LogP contribution in [0.5, 0.6) is 0 Å². The summed E-state index contributed by atoms with van der Waals surface area (Å²) in [5, 5.41) is 0.753. The molecule has 2 N–H and O–H groups in total. The number of benzene rings is 2. The van der Waals surface area contributed by atoms with E-state index in [1.54, 1.807) is 0 Å². The van der Waals surface area contributed by atoms with E-state index in [0.29, 0.717) is 5.92 Å². The van der Waals surface area contributed by atoms with Gasteiger partial charge < -0.3 is 5.73 Å². The SMILES string of the molecule is NC(CC1Cc2ccccc21)c1cc(Br)ccc1Cl. The Morgan fingerprint density at radius 3 is 2.84 bits per heavy atom. The van der Waals surface area contributed by atoms with Crippen LogP contribution in [0, 0.1) is 0 Å². The van der Waals surface area contributed by atoms with E-state index in [4.69, 9.17) is 17.3 Å². The molecule has 3 rings (SSSR count). The molecule has 2 atom stereocenters. The van der Waals surface area contributed by atoms with Gasteiger partial charge in [0.25, 0.3) is 0 Å². The molecule has 3 heteroatoms. The number of rotatable bonds is 3. The molecule has 2 aromatic carbocycles. The van der Waals surface area contributed by atoms with Crippen molar-refractivity contribution in [1.82, 2.24) is 0 Å². The van der Waals surface area contributed by atoms with Gasteiger partial charge in [0.15, 0.2) is 0 Å². The normalized spacial score (nSPS) is 18.6. The van der Waals surface area contributed by atoms with Crippen molar-refractivity contribution < 1.29 is 0 Å². The van der Waals surface area contributed by atoms with Gasteiger partial charge in [-0.05, 0) is 53.6 Å². The minimum absolute atomic E-state index is 0.0108. The van der Waals surface area contributed by atoms with Crippen LogP contribution in [0.2, 0.25) is 5.02 Å². The molecular formula is C16H15BrClN. The van der Waals surface area contributed by atoms with Gasteiger partial charge >= 0.3 is 0 Å². The van der Waals surface area contributed by atoms with Gasteiger partial charge in [-0.15, -0.1) is 0 Å². The van der Waals surface area contributed by atoms with Crippen molar-refractivity contribution in [1.29, 1.82) is 0 Å². The Balaban J connectivity index is 1.76. The molecule has 0 bridgehead atoms. The average Bonchev–Trinajstić information content (AvgIpc) is 2.38. The summed E-state index contributed by atoms with van der Waals surface area (Å²) in [4.78, 5) is 0. The third-order valence-corrected chi connectivity index (χ3v) is 4.69. The fraction of sp³-hybridized carbons (Fsp3) is 0.250. The van der Waals surface area contributed by atoms with Gasteiger partial charge in [-0.3, -0.25) is 0 Å². The molecule has 0 saturated heterocycles. The predicted molar refractivity (Wildman–Crippen MR) is 83.6 cm³/mol. The highest BCUT2D eigenvalue weighted by Crippen LogP contribution is 2.41. The third-order valence-electron chi connectivity index (χ3n) is 3.86. The minimum Gasteiger partial charge on any atom is -0.324 e. The highest BCUT2D eigenvalue weighted by Gasteiger charge is 2.27. The van der Waals surface area contributed by atoms with Gasteiger partial charge in [0.05, 0.1) is 0 Å². The lowest BCUT2D eigenvalue weighted by Gasteiger charge is -2.32. The molecule has 19 heavy (non-hydrogen) atoms. The molecule has 1 nitrogen and oxygen atoms in total. The minimum atomic E-state index is -0.0108. The number of hydrogen-bond acceptors (Lipinski definition) is 1. The zero-order valence-electron chi connectivity index (χ0n) is 10.4. The van der Waals surface area contributed by atoms with Crippen LogP contribution in [0.25, 0.3) is 0 Å². The maximum Gasteiger partial charge on any atom is 0.0454 e. The van der Waals surface area contributed by atoms with Gasteiger partial charge in [0, 0.05) is 15.5 Å². The van der Waals surface area contributed by atoms with E-state index < -0.39 is 0 Å². The van der Waals surface area contributed by atoms with Crippen molar-refractivity contribution in [3.63, 3.8) is 0 Å². The summed E-state index contributed by atoms with van der Waals surface area (Å²) < 4.78 is 1.02. The van der Waals surface area contributed by atoms with Crippen molar-refractivity contribution in [2.75, 3.05) is 0 Å². The van der Waals surface area contributed by atoms with Crippen LogP contribution in [0.1, 0.15) is 35.1 Å². The molecule has 0 spiro atoms. The Morgan fingerprint density at radius 1 is 1.26 bits per heavy atom. The molecule has 0 radical (unpaired) electrons. The van der Waals surface area contributed by atoms with E-state index in [9.17, 15) is 0 Å². The number of fused-ring (bicyclic) bond motifs is 1. The number of halogens is 2. The van der Waals surface area contributed by atoms with Crippen molar-refractivity contribution in [2.24, 2.45) is 5.73 Å². The molecule has 0 amide bonds. The summed E-state index contributed by atoms with van der Waals surface area (Å²) in [5.74, 6) is 0.571. The lowest BCUT2D eigenvalue weighted by molar-refractivity contribution is 0.498. The second kappa shape index (κ2) is 5.28. The van der Waals surface area contributed by atoms with Gasteiger partial charge in [0.1, 0.15) is 0 Å². The molecule has 2 unspecified atom stereocenters. The summed E-state index contributed by atoms with van der Waals surface area (Å²) in [5.41, 5.74) is 10.3.